The molecule has 3 nitrogen and oxygen atoms in total. The first-order chi connectivity index (χ1) is 9.27. The Bertz CT molecular complexity index is 324. The van der Waals surface area contributed by atoms with Gasteiger partial charge in [-0.1, -0.05) is 17.7 Å². The van der Waals surface area contributed by atoms with Crippen molar-refractivity contribution in [3.05, 3.63) is 24.3 Å². The quantitative estimate of drug-likeness (QED) is 0.223. The van der Waals surface area contributed by atoms with Crippen molar-refractivity contribution in [2.24, 2.45) is 4.99 Å². The van der Waals surface area contributed by atoms with Crippen LogP contribution in [0.4, 0.5) is 0 Å². The van der Waals surface area contributed by atoms with E-state index >= 15 is 0 Å². The van der Waals surface area contributed by atoms with E-state index in [2.05, 4.69) is 36.8 Å². The molecule has 0 aromatic rings. The number of hydrogen-bond acceptors (Lipinski definition) is 1. The van der Waals surface area contributed by atoms with E-state index < -0.39 is 0 Å². The minimum Gasteiger partial charge on any atom is -0.357 e. The standard InChI is InChI=1S/C16H29N3.HI/c1-4-6-9-14-19(3)16(17-5-2)18-13-12-15-10-7-8-11-15;/h4,10H,1,5-9,11-14H2,2-3H3,(H,17,18);1H. The Balaban J connectivity index is 0.00000361. The van der Waals surface area contributed by atoms with Gasteiger partial charge in [0, 0.05) is 26.7 Å². The first kappa shape index (κ1) is 19.5. The van der Waals surface area contributed by atoms with Crippen molar-refractivity contribution in [2.75, 3.05) is 26.7 Å². The normalized spacial score (nSPS) is 14.5. The van der Waals surface area contributed by atoms with Gasteiger partial charge >= 0.3 is 0 Å². The lowest BCUT2D eigenvalue weighted by Crippen LogP contribution is -2.39. The Morgan fingerprint density at radius 1 is 1.55 bits per heavy atom. The zero-order chi connectivity index (χ0) is 13.9. The highest BCUT2D eigenvalue weighted by atomic mass is 127. The van der Waals surface area contributed by atoms with E-state index in [1.165, 1.54) is 19.3 Å². The van der Waals surface area contributed by atoms with Gasteiger partial charge in [-0.25, -0.2) is 0 Å². The zero-order valence-corrected chi connectivity index (χ0v) is 15.4. The molecule has 4 heteroatoms. The summed E-state index contributed by atoms with van der Waals surface area (Å²) in [5.74, 6) is 1.03. The van der Waals surface area contributed by atoms with Crippen LogP contribution in [0.15, 0.2) is 29.3 Å². The van der Waals surface area contributed by atoms with Crippen molar-refractivity contribution in [2.45, 2.75) is 45.4 Å². The molecule has 20 heavy (non-hydrogen) atoms. The molecule has 0 aromatic heterocycles. The first-order valence-electron chi connectivity index (χ1n) is 7.56. The number of halogens is 1. The molecule has 0 spiro atoms. The van der Waals surface area contributed by atoms with Crippen molar-refractivity contribution in [3.8, 4) is 0 Å². The molecule has 0 bridgehead atoms. The summed E-state index contributed by atoms with van der Waals surface area (Å²) >= 11 is 0. The monoisotopic (exact) mass is 391 g/mol. The number of guanidine groups is 1. The zero-order valence-electron chi connectivity index (χ0n) is 13.0. The van der Waals surface area contributed by atoms with Crippen molar-refractivity contribution < 1.29 is 0 Å². The molecule has 0 unspecified atom stereocenters. The largest absolute Gasteiger partial charge is 0.357 e. The Morgan fingerprint density at radius 3 is 2.95 bits per heavy atom. The first-order valence-corrected chi connectivity index (χ1v) is 7.56. The molecule has 0 fully saturated rings. The molecule has 0 saturated heterocycles. The number of allylic oxidation sites excluding steroid dienone is 2. The van der Waals surface area contributed by atoms with Gasteiger partial charge in [0.15, 0.2) is 5.96 Å². The van der Waals surface area contributed by atoms with Gasteiger partial charge in [0.1, 0.15) is 0 Å². The third-order valence-corrected chi connectivity index (χ3v) is 3.43. The molecule has 0 radical (unpaired) electrons. The van der Waals surface area contributed by atoms with E-state index in [0.717, 1.165) is 44.9 Å². The van der Waals surface area contributed by atoms with Crippen LogP contribution >= 0.6 is 24.0 Å². The van der Waals surface area contributed by atoms with Crippen molar-refractivity contribution >= 4 is 29.9 Å². The summed E-state index contributed by atoms with van der Waals surface area (Å²) < 4.78 is 0. The predicted octanol–water partition coefficient (Wildman–Crippen LogP) is 3.97. The Morgan fingerprint density at radius 2 is 2.35 bits per heavy atom. The van der Waals surface area contributed by atoms with Crippen LogP contribution in [0.25, 0.3) is 0 Å². The molecule has 1 rings (SSSR count). The second-order valence-electron chi connectivity index (χ2n) is 5.09. The van der Waals surface area contributed by atoms with E-state index in [9.17, 15) is 0 Å². The van der Waals surface area contributed by atoms with Gasteiger partial charge in [-0.2, -0.15) is 0 Å². The van der Waals surface area contributed by atoms with Crippen LogP contribution in [-0.2, 0) is 0 Å². The minimum atomic E-state index is 0. The fourth-order valence-electron chi connectivity index (χ4n) is 2.32. The molecule has 0 amide bonds. The van der Waals surface area contributed by atoms with E-state index in [1.807, 2.05) is 6.08 Å². The van der Waals surface area contributed by atoms with Crippen LogP contribution in [0.2, 0.25) is 0 Å². The summed E-state index contributed by atoms with van der Waals surface area (Å²) in [6, 6.07) is 0. The maximum absolute atomic E-state index is 4.72. The van der Waals surface area contributed by atoms with Crippen LogP contribution < -0.4 is 5.32 Å². The van der Waals surface area contributed by atoms with Crippen LogP contribution in [0, 0.1) is 0 Å². The Hall–Kier alpha value is -0.520. The van der Waals surface area contributed by atoms with Gasteiger partial charge < -0.3 is 10.2 Å². The van der Waals surface area contributed by atoms with Gasteiger partial charge in [0.25, 0.3) is 0 Å². The van der Waals surface area contributed by atoms with E-state index in [4.69, 9.17) is 4.99 Å². The number of hydrogen-bond donors (Lipinski definition) is 1. The molecule has 1 N–H and O–H groups in total. The average Bonchev–Trinajstić information content (AvgIpc) is 2.91. The molecule has 1 aliphatic carbocycles. The molecular weight excluding hydrogens is 361 g/mol. The summed E-state index contributed by atoms with van der Waals surface area (Å²) in [4.78, 5) is 6.94. The van der Waals surface area contributed by atoms with Crippen molar-refractivity contribution in [1.29, 1.82) is 0 Å². The second-order valence-corrected chi connectivity index (χ2v) is 5.09. The van der Waals surface area contributed by atoms with Gasteiger partial charge in [0.2, 0.25) is 0 Å². The van der Waals surface area contributed by atoms with Gasteiger partial charge in [0.05, 0.1) is 0 Å². The Kier molecular flexibility index (Phi) is 11.9. The van der Waals surface area contributed by atoms with Crippen LogP contribution in [0.1, 0.15) is 45.4 Å². The fraction of sp³-hybridized carbons (Fsp3) is 0.688. The summed E-state index contributed by atoms with van der Waals surface area (Å²) in [7, 11) is 2.11. The highest BCUT2D eigenvalue weighted by molar-refractivity contribution is 14.0. The number of nitrogens with one attached hydrogen (secondary N) is 1. The summed E-state index contributed by atoms with van der Waals surface area (Å²) in [5, 5.41) is 3.37. The number of nitrogens with zero attached hydrogens (tertiary/aromatic N) is 2. The molecular formula is C16H30IN3. The maximum atomic E-state index is 4.72. The van der Waals surface area contributed by atoms with Crippen LogP contribution in [0.3, 0.4) is 0 Å². The van der Waals surface area contributed by atoms with Crippen molar-refractivity contribution in [3.63, 3.8) is 0 Å². The van der Waals surface area contributed by atoms with E-state index in [1.54, 1.807) is 5.57 Å². The third-order valence-electron chi connectivity index (χ3n) is 3.43. The average molecular weight is 391 g/mol. The maximum Gasteiger partial charge on any atom is 0.193 e. The number of rotatable bonds is 8. The van der Waals surface area contributed by atoms with Crippen LogP contribution in [-0.4, -0.2) is 37.5 Å². The molecule has 0 atom stereocenters. The van der Waals surface area contributed by atoms with E-state index in [-0.39, 0.29) is 24.0 Å². The Labute approximate surface area is 141 Å². The molecule has 1 aliphatic rings. The molecule has 0 heterocycles. The molecule has 0 saturated carbocycles. The third kappa shape index (κ3) is 7.92. The predicted molar refractivity (Wildman–Crippen MR) is 100 cm³/mol. The van der Waals surface area contributed by atoms with Crippen molar-refractivity contribution in [1.82, 2.24) is 10.2 Å². The van der Waals surface area contributed by atoms with Crippen LogP contribution in [0.5, 0.6) is 0 Å². The summed E-state index contributed by atoms with van der Waals surface area (Å²) in [6.45, 7) is 8.73. The summed E-state index contributed by atoms with van der Waals surface area (Å²) in [5.41, 5.74) is 1.59. The topological polar surface area (TPSA) is 27.6 Å². The van der Waals surface area contributed by atoms with E-state index in [0.29, 0.717) is 0 Å². The number of unbranched alkanes of at least 4 members (excludes halogenated alkanes) is 1. The second kappa shape index (κ2) is 12.2. The minimum absolute atomic E-state index is 0. The molecule has 0 aliphatic heterocycles. The van der Waals surface area contributed by atoms with Gasteiger partial charge in [-0.05, 0) is 45.4 Å². The lowest BCUT2D eigenvalue weighted by atomic mass is 10.2. The fourth-order valence-corrected chi connectivity index (χ4v) is 2.32. The molecule has 0 aromatic carbocycles. The molecule has 116 valence electrons. The number of aliphatic imine (C=N–C) groups is 1. The lowest BCUT2D eigenvalue weighted by Gasteiger charge is -2.21. The smallest absolute Gasteiger partial charge is 0.193 e. The van der Waals surface area contributed by atoms with Gasteiger partial charge in [-0.15, -0.1) is 30.6 Å². The highest BCUT2D eigenvalue weighted by Gasteiger charge is 2.06. The van der Waals surface area contributed by atoms with Gasteiger partial charge in [-0.3, -0.25) is 4.99 Å². The SMILES string of the molecule is C=CCCCN(C)C(=NCCC1=CCCC1)NCC.I. The highest BCUT2D eigenvalue weighted by Crippen LogP contribution is 2.20. The summed E-state index contributed by atoms with van der Waals surface area (Å²) in [6.07, 6.45) is 11.6. The lowest BCUT2D eigenvalue weighted by molar-refractivity contribution is 0.470.